The average molecular weight is 295 g/mol. The molecule has 1 aromatic rings. The van der Waals surface area contributed by atoms with Crippen molar-refractivity contribution in [1.29, 1.82) is 0 Å². The van der Waals surface area contributed by atoms with Crippen LogP contribution in [0.15, 0.2) is 18.2 Å². The molecule has 0 aliphatic rings. The normalized spacial score (nSPS) is 13.4. The van der Waals surface area contributed by atoms with Crippen LogP contribution >= 0.6 is 0 Å². The maximum atomic E-state index is 11.5. The predicted octanol–water partition coefficient (Wildman–Crippen LogP) is 2.68. The molecule has 0 aliphatic carbocycles. The Hall–Kier alpha value is -1.75. The van der Waals surface area contributed by atoms with Crippen LogP contribution in [0.25, 0.3) is 0 Å². The van der Waals surface area contributed by atoms with E-state index < -0.39 is 0 Å². The van der Waals surface area contributed by atoms with E-state index in [1.165, 1.54) is 0 Å². The van der Waals surface area contributed by atoms with Crippen molar-refractivity contribution in [2.45, 2.75) is 32.7 Å². The Morgan fingerprint density at radius 2 is 1.90 bits per heavy atom. The average Bonchev–Trinajstić information content (AvgIpc) is 2.46. The van der Waals surface area contributed by atoms with Crippen LogP contribution < -0.4 is 15.2 Å². The molecule has 2 unspecified atom stereocenters. The topological polar surface area (TPSA) is 70.8 Å². The van der Waals surface area contributed by atoms with Gasteiger partial charge in [0, 0.05) is 12.5 Å². The highest BCUT2D eigenvalue weighted by Gasteiger charge is 2.16. The molecule has 0 amide bonds. The Bertz CT molecular complexity index is 462. The lowest BCUT2D eigenvalue weighted by atomic mass is 9.94. The van der Waals surface area contributed by atoms with E-state index in [1.807, 2.05) is 25.1 Å². The Morgan fingerprint density at radius 1 is 1.24 bits per heavy atom. The number of esters is 1. The minimum atomic E-state index is -0.176. The molecule has 0 fully saturated rings. The van der Waals surface area contributed by atoms with Crippen LogP contribution in [0.4, 0.5) is 0 Å². The molecular formula is C16H25NO4. The zero-order valence-electron chi connectivity index (χ0n) is 13.2. The number of hydrogen-bond donors (Lipinski definition) is 1. The van der Waals surface area contributed by atoms with Gasteiger partial charge in [0.1, 0.15) is 0 Å². The van der Waals surface area contributed by atoms with E-state index in [4.69, 9.17) is 19.9 Å². The summed E-state index contributed by atoms with van der Waals surface area (Å²) in [7, 11) is 3.19. The number of carbonyl (C=O) groups is 1. The minimum Gasteiger partial charge on any atom is -0.493 e. The minimum absolute atomic E-state index is 0.158. The summed E-state index contributed by atoms with van der Waals surface area (Å²) in [5.41, 5.74) is 7.17. The molecular weight excluding hydrogens is 270 g/mol. The van der Waals surface area contributed by atoms with Gasteiger partial charge in [-0.1, -0.05) is 13.0 Å². The van der Waals surface area contributed by atoms with E-state index in [2.05, 4.69) is 0 Å². The Balaban J connectivity index is 2.66. The second-order valence-electron chi connectivity index (χ2n) is 5.07. The third-order valence-corrected chi connectivity index (χ3v) is 3.31. The number of rotatable bonds is 8. The predicted molar refractivity (Wildman–Crippen MR) is 81.5 cm³/mol. The van der Waals surface area contributed by atoms with E-state index in [9.17, 15) is 4.79 Å². The summed E-state index contributed by atoms with van der Waals surface area (Å²) in [6.45, 7) is 4.21. The third kappa shape index (κ3) is 5.27. The molecule has 5 heteroatoms. The van der Waals surface area contributed by atoms with Crippen LogP contribution in [0.2, 0.25) is 0 Å². The number of methoxy groups -OCH3 is 2. The van der Waals surface area contributed by atoms with Gasteiger partial charge in [0.05, 0.1) is 20.8 Å². The summed E-state index contributed by atoms with van der Waals surface area (Å²) in [4.78, 5) is 11.5. The SMILES string of the molecule is CCOC(=O)CC(C)CC(N)c1ccc(OC)c(OC)c1. The molecule has 2 atom stereocenters. The smallest absolute Gasteiger partial charge is 0.306 e. The monoisotopic (exact) mass is 295 g/mol. The van der Waals surface area contributed by atoms with E-state index in [-0.39, 0.29) is 17.9 Å². The third-order valence-electron chi connectivity index (χ3n) is 3.31. The molecule has 0 aliphatic heterocycles. The van der Waals surface area contributed by atoms with Crippen molar-refractivity contribution in [3.63, 3.8) is 0 Å². The van der Waals surface area contributed by atoms with Gasteiger partial charge < -0.3 is 19.9 Å². The molecule has 0 bridgehead atoms. The molecule has 5 nitrogen and oxygen atoms in total. The van der Waals surface area contributed by atoms with Gasteiger partial charge in [0.15, 0.2) is 11.5 Å². The van der Waals surface area contributed by atoms with Crippen LogP contribution in [0.5, 0.6) is 11.5 Å². The highest BCUT2D eigenvalue weighted by molar-refractivity contribution is 5.69. The van der Waals surface area contributed by atoms with Crippen LogP contribution in [-0.4, -0.2) is 26.8 Å². The highest BCUT2D eigenvalue weighted by atomic mass is 16.5. The molecule has 0 saturated heterocycles. The van der Waals surface area contributed by atoms with Gasteiger partial charge in [-0.3, -0.25) is 4.79 Å². The second kappa shape index (κ2) is 8.52. The summed E-state index contributed by atoms with van der Waals surface area (Å²) in [6.07, 6.45) is 1.09. The lowest BCUT2D eigenvalue weighted by molar-refractivity contribution is -0.144. The molecule has 1 rings (SSSR count). The number of benzene rings is 1. The van der Waals surface area contributed by atoms with Gasteiger partial charge in [-0.25, -0.2) is 0 Å². The molecule has 2 N–H and O–H groups in total. The molecule has 21 heavy (non-hydrogen) atoms. The Morgan fingerprint density at radius 3 is 2.48 bits per heavy atom. The first kappa shape index (κ1) is 17.3. The van der Waals surface area contributed by atoms with Crippen molar-refractivity contribution in [1.82, 2.24) is 0 Å². The van der Waals surface area contributed by atoms with Gasteiger partial charge >= 0.3 is 5.97 Å². The fraction of sp³-hybridized carbons (Fsp3) is 0.562. The van der Waals surface area contributed by atoms with E-state index in [0.717, 1.165) is 5.56 Å². The molecule has 0 aromatic heterocycles. The fourth-order valence-corrected chi connectivity index (χ4v) is 2.24. The van der Waals surface area contributed by atoms with Crippen LogP contribution in [0.3, 0.4) is 0 Å². The molecule has 118 valence electrons. The van der Waals surface area contributed by atoms with Crippen molar-refractivity contribution in [3.8, 4) is 11.5 Å². The molecule has 0 radical (unpaired) electrons. The summed E-state index contributed by atoms with van der Waals surface area (Å²) in [5, 5.41) is 0. The largest absolute Gasteiger partial charge is 0.493 e. The molecule has 0 saturated carbocycles. The summed E-state index contributed by atoms with van der Waals surface area (Å²) < 4.78 is 15.4. The lowest BCUT2D eigenvalue weighted by Crippen LogP contribution is -2.17. The van der Waals surface area contributed by atoms with Crippen molar-refractivity contribution in [3.05, 3.63) is 23.8 Å². The maximum absolute atomic E-state index is 11.5. The molecule has 0 spiro atoms. The van der Waals surface area contributed by atoms with Crippen LogP contribution in [-0.2, 0) is 9.53 Å². The summed E-state index contributed by atoms with van der Waals surface area (Å²) >= 11 is 0. The lowest BCUT2D eigenvalue weighted by Gasteiger charge is -2.18. The van der Waals surface area contributed by atoms with Crippen LogP contribution in [0, 0.1) is 5.92 Å². The fourth-order valence-electron chi connectivity index (χ4n) is 2.24. The first-order valence-corrected chi connectivity index (χ1v) is 7.14. The second-order valence-corrected chi connectivity index (χ2v) is 5.07. The maximum Gasteiger partial charge on any atom is 0.306 e. The van der Waals surface area contributed by atoms with E-state index in [0.29, 0.717) is 30.9 Å². The van der Waals surface area contributed by atoms with Gasteiger partial charge in [0.25, 0.3) is 0 Å². The number of nitrogens with two attached hydrogens (primary N) is 1. The van der Waals surface area contributed by atoms with Crippen molar-refractivity contribution < 1.29 is 19.0 Å². The van der Waals surface area contributed by atoms with Gasteiger partial charge in [0.2, 0.25) is 0 Å². The highest BCUT2D eigenvalue weighted by Crippen LogP contribution is 2.31. The first-order valence-electron chi connectivity index (χ1n) is 7.14. The number of carbonyl (C=O) groups excluding carboxylic acids is 1. The zero-order valence-corrected chi connectivity index (χ0v) is 13.2. The quantitative estimate of drug-likeness (QED) is 0.747. The van der Waals surface area contributed by atoms with Crippen molar-refractivity contribution >= 4 is 5.97 Å². The zero-order chi connectivity index (χ0) is 15.8. The van der Waals surface area contributed by atoms with Crippen LogP contribution in [0.1, 0.15) is 38.3 Å². The Labute approximate surface area is 126 Å². The number of hydrogen-bond acceptors (Lipinski definition) is 5. The van der Waals surface area contributed by atoms with E-state index >= 15 is 0 Å². The summed E-state index contributed by atoms with van der Waals surface area (Å²) in [6, 6.07) is 5.47. The van der Waals surface area contributed by atoms with Crippen molar-refractivity contribution in [2.75, 3.05) is 20.8 Å². The van der Waals surface area contributed by atoms with Gasteiger partial charge in [-0.15, -0.1) is 0 Å². The summed E-state index contributed by atoms with van der Waals surface area (Å²) in [5.74, 6) is 1.31. The molecule has 0 heterocycles. The van der Waals surface area contributed by atoms with Crippen molar-refractivity contribution in [2.24, 2.45) is 11.7 Å². The Kier molecular flexibility index (Phi) is 7.02. The first-order chi connectivity index (χ1) is 10.0. The number of ether oxygens (including phenoxy) is 3. The van der Waals surface area contributed by atoms with Gasteiger partial charge in [-0.2, -0.15) is 0 Å². The van der Waals surface area contributed by atoms with E-state index in [1.54, 1.807) is 21.1 Å². The van der Waals surface area contributed by atoms with Gasteiger partial charge in [-0.05, 0) is 37.0 Å². The molecule has 1 aromatic carbocycles. The standard InChI is InChI=1S/C16H25NO4/c1-5-21-16(18)9-11(2)8-13(17)12-6-7-14(19-3)15(10-12)20-4/h6-7,10-11,13H,5,8-9,17H2,1-4H3.